The summed E-state index contributed by atoms with van der Waals surface area (Å²) in [5.41, 5.74) is -0.407. The van der Waals surface area contributed by atoms with Crippen LogP contribution in [0.4, 0.5) is 0 Å². The van der Waals surface area contributed by atoms with Crippen molar-refractivity contribution in [2.75, 3.05) is 0 Å². The fourth-order valence-corrected chi connectivity index (χ4v) is 1.42. The summed E-state index contributed by atoms with van der Waals surface area (Å²) in [6.07, 6.45) is 4.05. The van der Waals surface area contributed by atoms with E-state index in [1.165, 1.54) is 0 Å². The molecule has 0 aliphatic heterocycles. The van der Waals surface area contributed by atoms with Crippen LogP contribution in [0.15, 0.2) is 12.4 Å². The van der Waals surface area contributed by atoms with Crippen molar-refractivity contribution in [3.63, 3.8) is 0 Å². The van der Waals surface area contributed by atoms with Gasteiger partial charge in [0.15, 0.2) is 0 Å². The van der Waals surface area contributed by atoms with Crippen molar-refractivity contribution >= 4 is 0 Å². The Bertz CT molecular complexity index is 307. The Kier molecular flexibility index (Phi) is 3.88. The molecule has 2 unspecified atom stereocenters. The first-order chi connectivity index (χ1) is 7.01. The second-order valence-corrected chi connectivity index (χ2v) is 4.15. The molecule has 86 valence electrons. The average molecular weight is 212 g/mol. The van der Waals surface area contributed by atoms with Crippen molar-refractivity contribution < 1.29 is 10.2 Å². The lowest BCUT2D eigenvalue weighted by atomic mass is 9.92. The molecule has 2 atom stereocenters. The summed E-state index contributed by atoms with van der Waals surface area (Å²) >= 11 is 0. The fraction of sp³-hybridized carbons (Fsp3) is 0.727. The van der Waals surface area contributed by atoms with Gasteiger partial charge < -0.3 is 10.2 Å². The Labute approximate surface area is 90.5 Å². The van der Waals surface area contributed by atoms with E-state index in [0.717, 1.165) is 13.0 Å². The Morgan fingerprint density at radius 2 is 2.20 bits per heavy atom. The van der Waals surface area contributed by atoms with Crippen LogP contribution in [0, 0.1) is 0 Å². The van der Waals surface area contributed by atoms with E-state index in [4.69, 9.17) is 0 Å². The first-order valence-corrected chi connectivity index (χ1v) is 5.44. The molecule has 0 radical (unpaired) electrons. The molecule has 0 fully saturated rings. The van der Waals surface area contributed by atoms with Gasteiger partial charge in [-0.15, -0.1) is 0 Å². The Hall–Kier alpha value is -0.870. The fourth-order valence-electron chi connectivity index (χ4n) is 1.42. The minimum atomic E-state index is -1.08. The van der Waals surface area contributed by atoms with E-state index >= 15 is 0 Å². The zero-order valence-corrected chi connectivity index (χ0v) is 9.64. The maximum atomic E-state index is 9.93. The normalized spacial score (nSPS) is 17.4. The minimum Gasteiger partial charge on any atom is -0.387 e. The summed E-state index contributed by atoms with van der Waals surface area (Å²) in [5, 5.41) is 23.9. The predicted molar refractivity (Wildman–Crippen MR) is 58.4 cm³/mol. The second-order valence-electron chi connectivity index (χ2n) is 4.15. The number of aryl methyl sites for hydroxylation is 1. The maximum Gasteiger partial charge on any atom is 0.110 e. The predicted octanol–water partition coefficient (Wildman–Crippen LogP) is 1.49. The van der Waals surface area contributed by atoms with E-state index in [2.05, 4.69) is 12.0 Å². The lowest BCUT2D eigenvalue weighted by Gasteiger charge is -2.26. The molecule has 0 saturated heterocycles. The second kappa shape index (κ2) is 4.77. The van der Waals surface area contributed by atoms with Gasteiger partial charge in [-0.2, -0.15) is 5.10 Å². The number of aliphatic hydroxyl groups excluding tert-OH is 1. The van der Waals surface area contributed by atoms with E-state index in [1.54, 1.807) is 24.0 Å². The van der Waals surface area contributed by atoms with Crippen molar-refractivity contribution in [2.45, 2.75) is 51.9 Å². The monoisotopic (exact) mass is 212 g/mol. The van der Waals surface area contributed by atoms with Crippen LogP contribution in [0.2, 0.25) is 0 Å². The van der Waals surface area contributed by atoms with Crippen LogP contribution in [0.1, 0.15) is 45.3 Å². The molecule has 4 nitrogen and oxygen atoms in total. The zero-order chi connectivity index (χ0) is 11.5. The molecule has 1 heterocycles. The summed E-state index contributed by atoms with van der Waals surface area (Å²) in [4.78, 5) is 0. The Balaban J connectivity index is 2.78. The third-order valence-electron chi connectivity index (χ3n) is 2.73. The number of aliphatic hydroxyl groups is 2. The molecule has 4 heteroatoms. The van der Waals surface area contributed by atoms with Crippen molar-refractivity contribution in [1.29, 1.82) is 0 Å². The highest BCUT2D eigenvalue weighted by molar-refractivity contribution is 5.12. The van der Waals surface area contributed by atoms with E-state index in [9.17, 15) is 10.2 Å². The van der Waals surface area contributed by atoms with E-state index in [1.807, 2.05) is 6.92 Å². The lowest BCUT2D eigenvalue weighted by molar-refractivity contribution is -0.0659. The van der Waals surface area contributed by atoms with E-state index in [-0.39, 0.29) is 0 Å². The van der Waals surface area contributed by atoms with Crippen molar-refractivity contribution in [3.05, 3.63) is 18.0 Å². The van der Waals surface area contributed by atoms with Crippen LogP contribution in [-0.2, 0) is 6.54 Å². The molecule has 0 aliphatic rings. The third-order valence-corrected chi connectivity index (χ3v) is 2.73. The smallest absolute Gasteiger partial charge is 0.110 e. The van der Waals surface area contributed by atoms with Gasteiger partial charge in [0.05, 0.1) is 11.8 Å². The number of hydrogen-bond donors (Lipinski definition) is 2. The summed E-state index contributed by atoms with van der Waals surface area (Å²) in [5.74, 6) is 0. The van der Waals surface area contributed by atoms with Crippen molar-refractivity contribution in [2.24, 2.45) is 0 Å². The molecule has 0 saturated carbocycles. The molecular weight excluding hydrogens is 192 g/mol. The zero-order valence-electron chi connectivity index (χ0n) is 9.64. The highest BCUT2D eigenvalue weighted by atomic mass is 16.3. The quantitative estimate of drug-likeness (QED) is 0.777. The van der Waals surface area contributed by atoms with Crippen molar-refractivity contribution in [1.82, 2.24) is 9.78 Å². The highest BCUT2D eigenvalue weighted by Gasteiger charge is 2.30. The van der Waals surface area contributed by atoms with Gasteiger partial charge in [0.2, 0.25) is 0 Å². The molecule has 0 bridgehead atoms. The van der Waals surface area contributed by atoms with Gasteiger partial charge >= 0.3 is 0 Å². The summed E-state index contributed by atoms with van der Waals surface area (Å²) in [6.45, 7) is 6.38. The molecule has 1 aromatic heterocycles. The molecule has 0 spiro atoms. The van der Waals surface area contributed by atoms with Gasteiger partial charge in [-0.3, -0.25) is 4.68 Å². The summed E-state index contributed by atoms with van der Waals surface area (Å²) < 4.78 is 1.78. The number of nitrogens with zero attached hydrogens (tertiary/aromatic N) is 2. The largest absolute Gasteiger partial charge is 0.387 e. The van der Waals surface area contributed by atoms with Crippen LogP contribution >= 0.6 is 0 Å². The molecule has 15 heavy (non-hydrogen) atoms. The third kappa shape index (κ3) is 2.79. The lowest BCUT2D eigenvalue weighted by Crippen LogP contribution is -2.31. The average Bonchev–Trinajstić information content (AvgIpc) is 2.66. The van der Waals surface area contributed by atoms with Gasteiger partial charge in [-0.05, 0) is 19.8 Å². The van der Waals surface area contributed by atoms with Crippen LogP contribution in [0.3, 0.4) is 0 Å². The van der Waals surface area contributed by atoms with E-state index in [0.29, 0.717) is 12.0 Å². The van der Waals surface area contributed by atoms with E-state index < -0.39 is 11.7 Å². The first-order valence-electron chi connectivity index (χ1n) is 5.44. The standard InChI is InChI=1S/C11H20N2O2/c1-4-6-13-8-9(7-12-13)10(14)11(3,15)5-2/h7-8,10,14-15H,4-6H2,1-3H3. The van der Waals surface area contributed by atoms with Crippen LogP contribution < -0.4 is 0 Å². The SMILES string of the molecule is CCCn1cc(C(O)C(C)(O)CC)cn1. The summed E-state index contributed by atoms with van der Waals surface area (Å²) in [7, 11) is 0. The molecule has 1 rings (SSSR count). The number of aromatic nitrogens is 2. The molecule has 1 aromatic rings. The number of rotatable bonds is 5. The van der Waals surface area contributed by atoms with Crippen molar-refractivity contribution in [3.8, 4) is 0 Å². The first kappa shape index (κ1) is 12.2. The van der Waals surface area contributed by atoms with Gasteiger partial charge in [0, 0.05) is 18.3 Å². The van der Waals surface area contributed by atoms with Crippen LogP contribution in [0.5, 0.6) is 0 Å². The molecule has 0 aromatic carbocycles. The minimum absolute atomic E-state index is 0.507. The van der Waals surface area contributed by atoms with Crippen LogP contribution in [-0.4, -0.2) is 25.6 Å². The highest BCUT2D eigenvalue weighted by Crippen LogP contribution is 2.27. The van der Waals surface area contributed by atoms with Gasteiger partial charge in [0.1, 0.15) is 6.10 Å². The van der Waals surface area contributed by atoms with Gasteiger partial charge in [-0.25, -0.2) is 0 Å². The van der Waals surface area contributed by atoms with Crippen LogP contribution in [0.25, 0.3) is 0 Å². The van der Waals surface area contributed by atoms with Gasteiger partial charge in [0.25, 0.3) is 0 Å². The topological polar surface area (TPSA) is 58.3 Å². The maximum absolute atomic E-state index is 9.93. The molecular formula is C11H20N2O2. The Morgan fingerprint density at radius 3 is 2.73 bits per heavy atom. The molecule has 2 N–H and O–H groups in total. The Morgan fingerprint density at radius 1 is 1.53 bits per heavy atom. The molecule has 0 aliphatic carbocycles. The summed E-state index contributed by atoms with van der Waals surface area (Å²) in [6, 6.07) is 0. The van der Waals surface area contributed by atoms with Gasteiger partial charge in [-0.1, -0.05) is 13.8 Å². The number of hydrogen-bond acceptors (Lipinski definition) is 3. The molecule has 0 amide bonds.